The highest BCUT2D eigenvalue weighted by Gasteiger charge is 2.19. The van der Waals surface area contributed by atoms with Gasteiger partial charge in [-0.1, -0.05) is 12.1 Å². The first kappa shape index (κ1) is 17.5. The molecule has 0 radical (unpaired) electrons. The lowest BCUT2D eigenvalue weighted by Crippen LogP contribution is -2.48. The molecule has 0 aliphatic carbocycles. The van der Waals surface area contributed by atoms with Crippen molar-refractivity contribution in [2.75, 3.05) is 37.7 Å². The maximum absolute atomic E-state index is 12.4. The summed E-state index contributed by atoms with van der Waals surface area (Å²) in [5, 5.41) is 8.50. The fraction of sp³-hybridized carbons (Fsp3) is 0.250. The number of amides is 1. The Labute approximate surface area is 152 Å². The van der Waals surface area contributed by atoms with E-state index in [0.717, 1.165) is 24.3 Å². The third kappa shape index (κ3) is 4.61. The summed E-state index contributed by atoms with van der Waals surface area (Å²) >= 11 is 0. The van der Waals surface area contributed by atoms with E-state index < -0.39 is 0 Å². The molecule has 0 saturated carbocycles. The predicted octanol–water partition coefficient (Wildman–Crippen LogP) is 2.35. The second kappa shape index (κ2) is 8.67. The quantitative estimate of drug-likeness (QED) is 0.776. The van der Waals surface area contributed by atoms with Crippen LogP contribution in [0, 0.1) is 11.3 Å². The molecule has 1 aromatic heterocycles. The highest BCUT2D eigenvalue weighted by Crippen LogP contribution is 2.16. The lowest BCUT2D eigenvalue weighted by atomic mass is 10.2. The highest BCUT2D eigenvalue weighted by molar-refractivity contribution is 5.92. The van der Waals surface area contributed by atoms with Crippen molar-refractivity contribution in [1.29, 1.82) is 5.26 Å². The van der Waals surface area contributed by atoms with Gasteiger partial charge in [0, 0.05) is 50.3 Å². The molecular weight excluding hydrogens is 328 g/mol. The molecule has 6 heteroatoms. The number of anilines is 1. The van der Waals surface area contributed by atoms with Crippen LogP contribution in [-0.4, -0.2) is 48.6 Å². The summed E-state index contributed by atoms with van der Waals surface area (Å²) < 4.78 is 5.21. The molecule has 26 heavy (non-hydrogen) atoms. The number of piperazine rings is 1. The van der Waals surface area contributed by atoms with Gasteiger partial charge in [0.25, 0.3) is 0 Å². The van der Waals surface area contributed by atoms with Crippen molar-refractivity contribution >= 4 is 17.7 Å². The zero-order valence-corrected chi connectivity index (χ0v) is 14.4. The van der Waals surface area contributed by atoms with E-state index in [1.165, 1.54) is 0 Å². The van der Waals surface area contributed by atoms with Gasteiger partial charge in [-0.05, 0) is 35.9 Å². The maximum atomic E-state index is 12.4. The molecule has 0 unspecified atom stereocenters. The van der Waals surface area contributed by atoms with Crippen LogP contribution in [0.4, 0.5) is 5.69 Å². The van der Waals surface area contributed by atoms with Gasteiger partial charge in [-0.3, -0.25) is 9.78 Å². The number of nitrogens with zero attached hydrogens (tertiary/aromatic N) is 4. The Balaban J connectivity index is 1.51. The molecule has 2 heterocycles. The summed E-state index contributed by atoms with van der Waals surface area (Å²) in [5.41, 5.74) is 2.06. The van der Waals surface area contributed by atoms with E-state index in [2.05, 4.69) is 9.88 Å². The first-order chi connectivity index (χ1) is 12.8. The maximum Gasteiger partial charge on any atom is 0.246 e. The Morgan fingerprint density at radius 1 is 1.12 bits per heavy atom. The topological polar surface area (TPSA) is 69.5 Å². The fourth-order valence-electron chi connectivity index (χ4n) is 2.80. The normalized spacial score (nSPS) is 14.3. The van der Waals surface area contributed by atoms with Crippen molar-refractivity contribution < 1.29 is 9.53 Å². The van der Waals surface area contributed by atoms with Gasteiger partial charge in [0.05, 0.1) is 0 Å². The van der Waals surface area contributed by atoms with Gasteiger partial charge in [-0.15, -0.1) is 0 Å². The van der Waals surface area contributed by atoms with Crippen LogP contribution in [-0.2, 0) is 4.79 Å². The van der Waals surface area contributed by atoms with Crippen molar-refractivity contribution in [1.82, 2.24) is 9.88 Å². The monoisotopic (exact) mass is 348 g/mol. The summed E-state index contributed by atoms with van der Waals surface area (Å²) in [7, 11) is 0. The number of carbonyl (C=O) groups excluding carboxylic acids is 1. The molecule has 0 atom stereocenters. The van der Waals surface area contributed by atoms with E-state index in [0.29, 0.717) is 18.8 Å². The third-order valence-electron chi connectivity index (χ3n) is 4.22. The summed E-state index contributed by atoms with van der Waals surface area (Å²) in [4.78, 5) is 20.5. The molecule has 0 spiro atoms. The van der Waals surface area contributed by atoms with Crippen LogP contribution >= 0.6 is 0 Å². The van der Waals surface area contributed by atoms with E-state index in [9.17, 15) is 4.79 Å². The molecule has 0 bridgehead atoms. The number of carbonyl (C=O) groups is 1. The van der Waals surface area contributed by atoms with Gasteiger partial charge >= 0.3 is 0 Å². The second-order valence-electron chi connectivity index (χ2n) is 5.87. The van der Waals surface area contributed by atoms with E-state index >= 15 is 0 Å². The van der Waals surface area contributed by atoms with E-state index in [1.54, 1.807) is 36.7 Å². The van der Waals surface area contributed by atoms with Gasteiger partial charge in [0.15, 0.2) is 6.61 Å². The molecule has 1 aliphatic rings. The first-order valence-electron chi connectivity index (χ1n) is 8.48. The number of nitriles is 1. The van der Waals surface area contributed by atoms with Crippen molar-refractivity contribution in [2.45, 2.75) is 0 Å². The predicted molar refractivity (Wildman–Crippen MR) is 99.6 cm³/mol. The molecule has 3 rings (SSSR count). The highest BCUT2D eigenvalue weighted by atomic mass is 16.5. The minimum atomic E-state index is 0.0178. The minimum absolute atomic E-state index is 0.0178. The van der Waals surface area contributed by atoms with Crippen LogP contribution in [0.2, 0.25) is 0 Å². The van der Waals surface area contributed by atoms with E-state index in [1.807, 2.05) is 35.2 Å². The minimum Gasteiger partial charge on any atom is -0.479 e. The lowest BCUT2D eigenvalue weighted by molar-refractivity contribution is -0.126. The van der Waals surface area contributed by atoms with Crippen LogP contribution in [0.25, 0.3) is 6.08 Å². The third-order valence-corrected chi connectivity index (χ3v) is 4.22. The van der Waals surface area contributed by atoms with Crippen molar-refractivity contribution in [3.05, 3.63) is 60.4 Å². The number of hydrogen-bond acceptors (Lipinski definition) is 5. The number of pyridine rings is 1. The average Bonchev–Trinajstić information content (AvgIpc) is 2.72. The fourth-order valence-corrected chi connectivity index (χ4v) is 2.80. The zero-order chi connectivity index (χ0) is 18.2. The zero-order valence-electron chi connectivity index (χ0n) is 14.4. The SMILES string of the molecule is N#CCOc1ccc(/C=C/C(=O)N2CCN(c3ccncc3)CC2)cc1. The molecule has 1 aliphatic heterocycles. The number of rotatable bonds is 5. The molecule has 0 N–H and O–H groups in total. The standard InChI is InChI=1S/C20H20N4O2/c21-9-16-26-19-4-1-17(2-5-19)3-6-20(25)24-14-12-23(13-15-24)18-7-10-22-11-8-18/h1-8,10-11H,12-16H2/b6-3+. The first-order valence-corrected chi connectivity index (χ1v) is 8.48. The molecule has 1 saturated heterocycles. The molecule has 2 aromatic rings. The van der Waals surface area contributed by atoms with Crippen LogP contribution in [0.3, 0.4) is 0 Å². The van der Waals surface area contributed by atoms with Crippen molar-refractivity contribution in [3.63, 3.8) is 0 Å². The number of ether oxygens (including phenoxy) is 1. The van der Waals surface area contributed by atoms with Gasteiger partial charge < -0.3 is 14.5 Å². The second-order valence-corrected chi connectivity index (χ2v) is 5.87. The van der Waals surface area contributed by atoms with Crippen molar-refractivity contribution in [3.8, 4) is 11.8 Å². The summed E-state index contributed by atoms with van der Waals surface area (Å²) in [6, 6.07) is 13.2. The summed E-state index contributed by atoms with van der Waals surface area (Å²) in [5.74, 6) is 0.659. The molecule has 1 aromatic carbocycles. The van der Waals surface area contributed by atoms with Crippen LogP contribution in [0.1, 0.15) is 5.56 Å². The van der Waals surface area contributed by atoms with Gasteiger partial charge in [0.2, 0.25) is 5.91 Å². The molecule has 6 nitrogen and oxygen atoms in total. The lowest BCUT2D eigenvalue weighted by Gasteiger charge is -2.35. The Hall–Kier alpha value is -3.33. The number of benzene rings is 1. The van der Waals surface area contributed by atoms with Gasteiger partial charge in [-0.2, -0.15) is 5.26 Å². The van der Waals surface area contributed by atoms with Gasteiger partial charge in [-0.25, -0.2) is 0 Å². The largest absolute Gasteiger partial charge is 0.479 e. The average molecular weight is 348 g/mol. The van der Waals surface area contributed by atoms with Gasteiger partial charge in [0.1, 0.15) is 11.8 Å². The van der Waals surface area contributed by atoms with Crippen LogP contribution in [0.5, 0.6) is 5.75 Å². The number of hydrogen-bond donors (Lipinski definition) is 0. The van der Waals surface area contributed by atoms with Crippen molar-refractivity contribution in [2.24, 2.45) is 0 Å². The summed E-state index contributed by atoms with van der Waals surface area (Å²) in [6.45, 7) is 3.06. The van der Waals surface area contributed by atoms with Crippen LogP contribution in [0.15, 0.2) is 54.9 Å². The molecule has 1 fully saturated rings. The number of aromatic nitrogens is 1. The Kier molecular flexibility index (Phi) is 5.84. The molecular formula is C20H20N4O2. The molecule has 132 valence electrons. The Morgan fingerprint density at radius 2 is 1.81 bits per heavy atom. The van der Waals surface area contributed by atoms with Crippen LogP contribution < -0.4 is 9.64 Å². The Morgan fingerprint density at radius 3 is 2.46 bits per heavy atom. The molecule has 1 amide bonds. The Bertz CT molecular complexity index is 789. The smallest absolute Gasteiger partial charge is 0.246 e. The summed E-state index contributed by atoms with van der Waals surface area (Å²) in [6.07, 6.45) is 6.97. The van der Waals surface area contributed by atoms with E-state index in [4.69, 9.17) is 10.00 Å². The van der Waals surface area contributed by atoms with E-state index in [-0.39, 0.29) is 12.5 Å².